The van der Waals surface area contributed by atoms with E-state index in [2.05, 4.69) is 29.5 Å². The third-order valence-electron chi connectivity index (χ3n) is 3.84. The van der Waals surface area contributed by atoms with Crippen LogP contribution in [0.2, 0.25) is 0 Å². The van der Waals surface area contributed by atoms with Crippen molar-refractivity contribution < 1.29 is 0 Å². The molecule has 20 heavy (non-hydrogen) atoms. The second-order valence-electron chi connectivity index (χ2n) is 6.17. The van der Waals surface area contributed by atoms with E-state index in [0.29, 0.717) is 11.6 Å². The highest BCUT2D eigenvalue weighted by atomic mass is 32.2. The monoisotopic (exact) mass is 294 g/mol. The van der Waals surface area contributed by atoms with E-state index in [4.69, 9.17) is 5.14 Å². The maximum Gasteiger partial charge on any atom is 0.127 e. The van der Waals surface area contributed by atoms with Gasteiger partial charge in [-0.1, -0.05) is 12.5 Å². The van der Waals surface area contributed by atoms with E-state index in [1.54, 1.807) is 0 Å². The molecule has 1 fully saturated rings. The van der Waals surface area contributed by atoms with Crippen molar-refractivity contribution in [3.05, 3.63) is 18.2 Å². The lowest BCUT2D eigenvalue weighted by atomic mass is 10.0. The molecule has 1 unspecified atom stereocenters. The van der Waals surface area contributed by atoms with Crippen LogP contribution in [0.3, 0.4) is 0 Å². The molecule has 0 radical (unpaired) electrons. The molecule has 0 aliphatic carbocycles. The fourth-order valence-corrected chi connectivity index (χ4v) is 3.07. The van der Waals surface area contributed by atoms with E-state index in [0.717, 1.165) is 17.4 Å². The van der Waals surface area contributed by atoms with Gasteiger partial charge in [0, 0.05) is 18.1 Å². The summed E-state index contributed by atoms with van der Waals surface area (Å²) in [4.78, 5) is 4.40. The van der Waals surface area contributed by atoms with E-state index in [-0.39, 0.29) is 0 Å². The second kappa shape index (κ2) is 7.29. The van der Waals surface area contributed by atoms with Gasteiger partial charge in [0.1, 0.15) is 10.8 Å². The van der Waals surface area contributed by atoms with Crippen molar-refractivity contribution >= 4 is 17.8 Å². The second-order valence-corrected chi connectivity index (χ2v) is 6.82. The molecule has 1 aliphatic heterocycles. The molecule has 112 valence electrons. The van der Waals surface area contributed by atoms with Crippen molar-refractivity contribution in [3.63, 3.8) is 0 Å². The topological polar surface area (TPSA) is 63.0 Å². The number of unbranched alkanes of at least 4 members (excludes halogenated alkanes) is 1. The molecule has 5 heteroatoms. The Balaban J connectivity index is 1.60. The molecule has 0 bridgehead atoms. The van der Waals surface area contributed by atoms with Crippen molar-refractivity contribution in [1.29, 1.82) is 0 Å². The van der Waals surface area contributed by atoms with Crippen LogP contribution < -0.4 is 15.8 Å². The molecular weight excluding hydrogens is 268 g/mol. The Kier molecular flexibility index (Phi) is 5.69. The molecule has 1 atom stereocenters. The number of nitrogens with zero attached hydrogens (tertiary/aromatic N) is 1. The quantitative estimate of drug-likeness (QED) is 0.532. The molecule has 0 aromatic carbocycles. The molecule has 4 N–H and O–H groups in total. The predicted molar refractivity (Wildman–Crippen MR) is 86.9 cm³/mol. The highest BCUT2D eigenvalue weighted by molar-refractivity contribution is 7.97. The van der Waals surface area contributed by atoms with Gasteiger partial charge in [0.2, 0.25) is 0 Å². The van der Waals surface area contributed by atoms with Gasteiger partial charge in [0.25, 0.3) is 0 Å². The zero-order valence-electron chi connectivity index (χ0n) is 12.5. The average Bonchev–Trinajstić information content (AvgIpc) is 2.78. The van der Waals surface area contributed by atoms with E-state index in [1.165, 1.54) is 44.1 Å². The number of hydrogen-bond acceptors (Lipinski definition) is 5. The molecule has 1 aromatic heterocycles. The number of pyridine rings is 1. The summed E-state index contributed by atoms with van der Waals surface area (Å²) in [5, 5.41) is 13.4. The number of hydrogen-bond donors (Lipinski definition) is 3. The number of aromatic nitrogens is 1. The number of nitrogens with one attached hydrogen (secondary N) is 2. The first-order valence-corrected chi connectivity index (χ1v) is 8.32. The molecule has 0 spiro atoms. The molecular formula is C15H26N4S. The van der Waals surface area contributed by atoms with Crippen LogP contribution in [0.5, 0.6) is 0 Å². The summed E-state index contributed by atoms with van der Waals surface area (Å²) in [6.45, 7) is 5.56. The average molecular weight is 294 g/mol. The number of rotatable bonds is 7. The Bertz CT molecular complexity index is 422. The van der Waals surface area contributed by atoms with Crippen molar-refractivity contribution in [2.24, 2.45) is 5.14 Å². The molecule has 1 aliphatic rings. The first-order chi connectivity index (χ1) is 9.59. The van der Waals surface area contributed by atoms with Gasteiger partial charge in [-0.3, -0.25) is 5.14 Å². The van der Waals surface area contributed by atoms with E-state index in [1.807, 2.05) is 18.2 Å². The smallest absolute Gasteiger partial charge is 0.127 e. The minimum Gasteiger partial charge on any atom is -0.370 e. The third kappa shape index (κ3) is 4.96. The molecule has 4 nitrogen and oxygen atoms in total. The summed E-state index contributed by atoms with van der Waals surface area (Å²) in [7, 11) is 0. The summed E-state index contributed by atoms with van der Waals surface area (Å²) in [5.41, 5.74) is 0.340. The SMILES string of the molecule is CC1(C)CCC(CCCCNc2cccc(SN)n2)N1. The lowest BCUT2D eigenvalue weighted by molar-refractivity contribution is 0.413. The first kappa shape index (κ1) is 15.6. The van der Waals surface area contributed by atoms with Crippen LogP contribution in [0.4, 0.5) is 5.82 Å². The highest BCUT2D eigenvalue weighted by Crippen LogP contribution is 2.24. The molecule has 1 saturated heterocycles. The van der Waals surface area contributed by atoms with Crippen LogP contribution in [0.15, 0.2) is 23.2 Å². The zero-order chi connectivity index (χ0) is 14.4. The molecule has 2 rings (SSSR count). The standard InChI is InChI=1S/C15H26N4S/c1-15(2)10-9-12(19-15)6-3-4-11-17-13-7-5-8-14(18-13)20-16/h5,7-8,12,19H,3-4,6,9-11,16H2,1-2H3,(H,17,18). The van der Waals surface area contributed by atoms with E-state index >= 15 is 0 Å². The van der Waals surface area contributed by atoms with Crippen LogP contribution in [-0.2, 0) is 0 Å². The minimum absolute atomic E-state index is 0.340. The normalized spacial score (nSPS) is 21.1. The lowest BCUT2D eigenvalue weighted by Gasteiger charge is -2.20. The first-order valence-electron chi connectivity index (χ1n) is 7.44. The minimum atomic E-state index is 0.340. The van der Waals surface area contributed by atoms with Gasteiger partial charge in [-0.25, -0.2) is 4.98 Å². The van der Waals surface area contributed by atoms with Gasteiger partial charge in [-0.05, 0) is 63.6 Å². The Morgan fingerprint density at radius 3 is 3.00 bits per heavy atom. The Morgan fingerprint density at radius 1 is 1.45 bits per heavy atom. The summed E-state index contributed by atoms with van der Waals surface area (Å²) in [6, 6.07) is 6.60. The van der Waals surface area contributed by atoms with Crippen molar-refractivity contribution in [3.8, 4) is 0 Å². The third-order valence-corrected chi connectivity index (χ3v) is 4.31. The van der Waals surface area contributed by atoms with Crippen LogP contribution in [-0.4, -0.2) is 23.1 Å². The van der Waals surface area contributed by atoms with Gasteiger partial charge >= 0.3 is 0 Å². The van der Waals surface area contributed by atoms with Crippen molar-refractivity contribution in [1.82, 2.24) is 10.3 Å². The Labute approximate surface area is 126 Å². The van der Waals surface area contributed by atoms with E-state index in [9.17, 15) is 0 Å². The lowest BCUT2D eigenvalue weighted by Crippen LogP contribution is -2.37. The summed E-state index contributed by atoms with van der Waals surface area (Å²) in [5.74, 6) is 0.917. The van der Waals surface area contributed by atoms with Gasteiger partial charge in [-0.2, -0.15) is 0 Å². The summed E-state index contributed by atoms with van der Waals surface area (Å²) >= 11 is 1.18. The highest BCUT2D eigenvalue weighted by Gasteiger charge is 2.28. The fraction of sp³-hybridized carbons (Fsp3) is 0.667. The maximum atomic E-state index is 5.51. The number of nitrogens with two attached hydrogens (primary N) is 1. The van der Waals surface area contributed by atoms with Gasteiger partial charge in [0.05, 0.1) is 0 Å². The molecule has 0 saturated carbocycles. The zero-order valence-corrected chi connectivity index (χ0v) is 13.3. The van der Waals surface area contributed by atoms with Crippen LogP contribution in [0, 0.1) is 0 Å². The van der Waals surface area contributed by atoms with E-state index < -0.39 is 0 Å². The van der Waals surface area contributed by atoms with Crippen molar-refractivity contribution in [2.75, 3.05) is 11.9 Å². The van der Waals surface area contributed by atoms with Crippen LogP contribution in [0.1, 0.15) is 46.0 Å². The van der Waals surface area contributed by atoms with Crippen molar-refractivity contribution in [2.45, 2.75) is 62.6 Å². The fourth-order valence-electron chi connectivity index (χ4n) is 2.76. The van der Waals surface area contributed by atoms with Gasteiger partial charge < -0.3 is 10.6 Å². The van der Waals surface area contributed by atoms with Crippen LogP contribution in [0.25, 0.3) is 0 Å². The molecule has 1 aromatic rings. The van der Waals surface area contributed by atoms with Gasteiger partial charge in [0.15, 0.2) is 0 Å². The number of anilines is 1. The van der Waals surface area contributed by atoms with Crippen LogP contribution >= 0.6 is 11.9 Å². The molecule has 0 amide bonds. The molecule has 2 heterocycles. The largest absolute Gasteiger partial charge is 0.370 e. The summed E-state index contributed by atoms with van der Waals surface area (Å²) in [6.07, 6.45) is 6.32. The summed E-state index contributed by atoms with van der Waals surface area (Å²) < 4.78 is 0. The Morgan fingerprint density at radius 2 is 2.30 bits per heavy atom. The Hall–Kier alpha value is -0.780. The van der Waals surface area contributed by atoms with Gasteiger partial charge in [-0.15, -0.1) is 0 Å². The predicted octanol–water partition coefficient (Wildman–Crippen LogP) is 3.16. The maximum absolute atomic E-state index is 5.51.